The van der Waals surface area contributed by atoms with E-state index in [1.54, 1.807) is 64.0 Å². The maximum Gasteiger partial charge on any atom is 0.410 e. The van der Waals surface area contributed by atoms with Gasteiger partial charge < -0.3 is 29.5 Å². The smallest absolute Gasteiger partial charge is 0.410 e. The third-order valence-electron chi connectivity index (χ3n) is 7.90. The lowest BCUT2D eigenvalue weighted by Gasteiger charge is -2.37. The van der Waals surface area contributed by atoms with Gasteiger partial charge in [0.25, 0.3) is 0 Å². The van der Waals surface area contributed by atoms with Crippen LogP contribution in [-0.2, 0) is 19.1 Å². The summed E-state index contributed by atoms with van der Waals surface area (Å²) < 4.78 is 17.0. The van der Waals surface area contributed by atoms with Crippen LogP contribution in [0.1, 0.15) is 69.9 Å². The Bertz CT molecular complexity index is 1470. The minimum atomic E-state index is -0.713. The van der Waals surface area contributed by atoms with E-state index in [1.807, 2.05) is 24.3 Å². The number of benzene rings is 2. The van der Waals surface area contributed by atoms with Crippen molar-refractivity contribution >= 4 is 17.8 Å². The summed E-state index contributed by atoms with van der Waals surface area (Å²) in [5, 5.41) is 13.7. The van der Waals surface area contributed by atoms with Crippen LogP contribution in [0.25, 0.3) is 0 Å². The molecular weight excluding hydrogens is 536 g/mol. The lowest BCUT2D eigenvalue weighted by atomic mass is 9.71. The highest BCUT2D eigenvalue weighted by atomic mass is 16.6. The molecule has 0 aromatic heterocycles. The molecule has 3 atom stereocenters. The summed E-state index contributed by atoms with van der Waals surface area (Å²) in [4.78, 5) is 41.8. The Morgan fingerprint density at radius 1 is 1.07 bits per heavy atom. The molecule has 0 spiro atoms. The Hall–Kier alpha value is -4.27. The lowest BCUT2D eigenvalue weighted by molar-refractivity contribution is -0.144. The number of dihydropyridines is 1. The third kappa shape index (κ3) is 6.00. The topological polar surface area (TPSA) is 114 Å². The molecule has 1 amide bonds. The number of carbonyl (C=O) groups is 3. The van der Waals surface area contributed by atoms with Crippen LogP contribution in [0.2, 0.25) is 0 Å². The third-order valence-corrected chi connectivity index (χ3v) is 7.90. The van der Waals surface area contributed by atoms with Crippen molar-refractivity contribution in [3.05, 3.63) is 82.2 Å². The van der Waals surface area contributed by atoms with Gasteiger partial charge in [-0.05, 0) is 63.4 Å². The molecule has 1 aliphatic carbocycles. The van der Waals surface area contributed by atoms with Crippen LogP contribution < -0.4 is 10.1 Å². The number of phenols is 1. The van der Waals surface area contributed by atoms with Crippen molar-refractivity contribution in [3.8, 4) is 11.5 Å². The van der Waals surface area contributed by atoms with E-state index in [0.29, 0.717) is 41.8 Å². The standard InChI is InChI=1S/C33H38N2O7/c1-19-28(31(38)41-23-13-14-35(18-23)32(39)42-33(2,3)4)29(20-9-8-10-22(36)15-20)30-25(34-19)16-21(17-26(30)37)24-11-6-7-12-27(24)40-5/h6-12,15,21,23,29,34,36H,13-14,16-18H2,1-5H3/t21-,23+,29-/m1/s1. The number of amides is 1. The number of nitrogens with zero attached hydrogens (tertiary/aromatic N) is 1. The maximum atomic E-state index is 13.9. The van der Waals surface area contributed by atoms with Crippen LogP contribution in [-0.4, -0.2) is 59.8 Å². The Labute approximate surface area is 246 Å². The molecule has 9 heteroatoms. The van der Waals surface area contributed by atoms with Crippen LogP contribution in [0.4, 0.5) is 4.79 Å². The second-order valence-electron chi connectivity index (χ2n) is 12.1. The van der Waals surface area contributed by atoms with Gasteiger partial charge in [-0.2, -0.15) is 0 Å². The van der Waals surface area contributed by atoms with Crippen molar-refractivity contribution in [2.45, 2.75) is 70.5 Å². The zero-order valence-corrected chi connectivity index (χ0v) is 24.7. The van der Waals surface area contributed by atoms with E-state index >= 15 is 0 Å². The van der Waals surface area contributed by atoms with Crippen molar-refractivity contribution in [1.82, 2.24) is 10.2 Å². The Kier molecular flexibility index (Phi) is 8.03. The van der Waals surface area contributed by atoms with E-state index in [2.05, 4.69) is 5.32 Å². The summed E-state index contributed by atoms with van der Waals surface area (Å²) in [5.41, 5.74) is 3.12. The average Bonchev–Trinajstić information content (AvgIpc) is 3.39. The number of likely N-dealkylation sites (tertiary alicyclic amines) is 1. The number of hydrogen-bond acceptors (Lipinski definition) is 8. The molecule has 2 aromatic carbocycles. The number of methoxy groups -OCH3 is 1. The molecular formula is C33H38N2O7. The summed E-state index contributed by atoms with van der Waals surface area (Å²) >= 11 is 0. The normalized spacial score (nSPS) is 22.5. The van der Waals surface area contributed by atoms with E-state index in [9.17, 15) is 19.5 Å². The highest BCUT2D eigenvalue weighted by Crippen LogP contribution is 2.47. The van der Waals surface area contributed by atoms with Crippen molar-refractivity contribution in [2.24, 2.45) is 0 Å². The van der Waals surface area contributed by atoms with Crippen LogP contribution in [0.5, 0.6) is 11.5 Å². The highest BCUT2D eigenvalue weighted by Gasteiger charge is 2.43. The molecule has 0 radical (unpaired) electrons. The molecule has 42 heavy (non-hydrogen) atoms. The number of phenolic OH excluding ortho intramolecular Hbond substituents is 1. The van der Waals surface area contributed by atoms with Gasteiger partial charge in [-0.15, -0.1) is 0 Å². The molecule has 2 N–H and O–H groups in total. The number of aromatic hydroxyl groups is 1. The quantitative estimate of drug-likeness (QED) is 0.462. The van der Waals surface area contributed by atoms with Gasteiger partial charge in [-0.25, -0.2) is 9.59 Å². The van der Waals surface area contributed by atoms with Crippen LogP contribution in [0, 0.1) is 0 Å². The highest BCUT2D eigenvalue weighted by molar-refractivity contribution is 6.04. The van der Waals surface area contributed by atoms with E-state index in [-0.39, 0.29) is 30.4 Å². The number of ketones is 1. The minimum absolute atomic E-state index is 0.0394. The van der Waals surface area contributed by atoms with E-state index in [4.69, 9.17) is 14.2 Å². The molecule has 9 nitrogen and oxygen atoms in total. The number of para-hydroxylation sites is 1. The van der Waals surface area contributed by atoms with E-state index < -0.39 is 29.7 Å². The zero-order valence-electron chi connectivity index (χ0n) is 24.7. The monoisotopic (exact) mass is 574 g/mol. The van der Waals surface area contributed by atoms with Gasteiger partial charge in [0.2, 0.25) is 0 Å². The van der Waals surface area contributed by atoms with Gasteiger partial charge in [-0.1, -0.05) is 30.3 Å². The summed E-state index contributed by atoms with van der Waals surface area (Å²) in [5.74, 6) is -0.678. The number of esters is 1. The second kappa shape index (κ2) is 11.5. The number of nitrogens with one attached hydrogen (secondary N) is 1. The summed E-state index contributed by atoms with van der Waals surface area (Å²) in [6.07, 6.45) is 0.340. The fourth-order valence-electron chi connectivity index (χ4n) is 6.10. The average molecular weight is 575 g/mol. The van der Waals surface area contributed by atoms with Crippen molar-refractivity contribution in [3.63, 3.8) is 0 Å². The van der Waals surface area contributed by atoms with Gasteiger partial charge in [0, 0.05) is 48.2 Å². The number of ether oxygens (including phenoxy) is 3. The summed E-state index contributed by atoms with van der Waals surface area (Å²) in [6, 6.07) is 14.3. The molecule has 3 aliphatic rings. The van der Waals surface area contributed by atoms with E-state index in [1.165, 1.54) is 0 Å². The predicted molar refractivity (Wildman–Crippen MR) is 156 cm³/mol. The van der Waals surface area contributed by atoms with Gasteiger partial charge in [0.05, 0.1) is 19.2 Å². The van der Waals surface area contributed by atoms with Crippen molar-refractivity contribution < 1.29 is 33.7 Å². The molecule has 0 saturated carbocycles. The molecule has 0 unspecified atom stereocenters. The number of carbonyl (C=O) groups excluding carboxylic acids is 3. The molecule has 222 valence electrons. The molecule has 2 heterocycles. The molecule has 1 saturated heterocycles. The maximum absolute atomic E-state index is 13.9. The van der Waals surface area contributed by atoms with Crippen molar-refractivity contribution in [1.29, 1.82) is 0 Å². The number of Topliss-reactive ketones (excluding diaryl/α,β-unsaturated/α-hetero) is 1. The molecule has 1 fully saturated rings. The summed E-state index contributed by atoms with van der Waals surface area (Å²) in [6.45, 7) is 7.86. The summed E-state index contributed by atoms with van der Waals surface area (Å²) in [7, 11) is 1.62. The van der Waals surface area contributed by atoms with E-state index in [0.717, 1.165) is 17.0 Å². The first-order valence-electron chi connectivity index (χ1n) is 14.3. The molecule has 2 aromatic rings. The first-order chi connectivity index (χ1) is 19.9. The SMILES string of the molecule is COc1ccccc1[C@H]1CC(=O)C2=C(C1)NC(C)=C(C(=O)O[C@H]1CCN(C(=O)OC(C)(C)C)C1)[C@H]2c1cccc(O)c1. The van der Waals surface area contributed by atoms with Gasteiger partial charge >= 0.3 is 12.1 Å². The predicted octanol–water partition coefficient (Wildman–Crippen LogP) is 5.32. The van der Waals surface area contributed by atoms with Crippen LogP contribution in [0.3, 0.4) is 0 Å². The second-order valence-corrected chi connectivity index (χ2v) is 12.1. The van der Waals surface area contributed by atoms with Gasteiger partial charge in [0.1, 0.15) is 23.2 Å². The first-order valence-corrected chi connectivity index (χ1v) is 14.3. The number of rotatable bonds is 5. The molecule has 0 bridgehead atoms. The minimum Gasteiger partial charge on any atom is -0.508 e. The fraction of sp³-hybridized carbons (Fsp3) is 0.424. The number of hydrogen-bond donors (Lipinski definition) is 2. The molecule has 2 aliphatic heterocycles. The van der Waals surface area contributed by atoms with Gasteiger partial charge in [-0.3, -0.25) is 4.79 Å². The van der Waals surface area contributed by atoms with Crippen LogP contribution in [0.15, 0.2) is 71.1 Å². The van der Waals surface area contributed by atoms with Crippen LogP contribution >= 0.6 is 0 Å². The fourth-order valence-corrected chi connectivity index (χ4v) is 6.10. The lowest BCUT2D eigenvalue weighted by Crippen LogP contribution is -2.38. The Morgan fingerprint density at radius 2 is 1.83 bits per heavy atom. The Morgan fingerprint density at radius 3 is 2.55 bits per heavy atom. The largest absolute Gasteiger partial charge is 0.508 e. The molecule has 5 rings (SSSR count). The van der Waals surface area contributed by atoms with Gasteiger partial charge in [0.15, 0.2) is 5.78 Å². The van der Waals surface area contributed by atoms with Crippen molar-refractivity contribution in [2.75, 3.05) is 20.2 Å². The first kappa shape index (κ1) is 29.2. The zero-order chi connectivity index (χ0) is 30.2. The number of allylic oxidation sites excluding steroid dienone is 3. The Balaban J connectivity index is 1.43.